The van der Waals surface area contributed by atoms with Crippen LogP contribution in [0, 0.1) is 0 Å². The van der Waals surface area contributed by atoms with Crippen LogP contribution in [0.4, 0.5) is 0 Å². The number of esters is 2. The molecule has 3 rings (SSSR count). The SMILES string of the molecule is C=C(C)C(=O)OCCc1ccc2cc(-c3ccc(OC(=O)C(=C)C)cc3)ccc2c1. The van der Waals surface area contributed by atoms with E-state index in [4.69, 9.17) is 9.47 Å². The zero-order valence-electron chi connectivity index (χ0n) is 17.2. The highest BCUT2D eigenvalue weighted by Crippen LogP contribution is 2.27. The zero-order chi connectivity index (χ0) is 21.7. The number of fused-ring (bicyclic) bond motifs is 1. The lowest BCUT2D eigenvalue weighted by Gasteiger charge is -2.09. The number of hydrogen-bond acceptors (Lipinski definition) is 4. The predicted molar refractivity (Wildman–Crippen MR) is 119 cm³/mol. The molecule has 0 radical (unpaired) electrons. The van der Waals surface area contributed by atoms with Gasteiger partial charge in [0.25, 0.3) is 0 Å². The van der Waals surface area contributed by atoms with Crippen molar-refractivity contribution in [3.8, 4) is 16.9 Å². The fraction of sp³-hybridized carbons (Fsp3) is 0.154. The van der Waals surface area contributed by atoms with Crippen LogP contribution < -0.4 is 4.74 Å². The van der Waals surface area contributed by atoms with Crippen LogP contribution in [0.1, 0.15) is 19.4 Å². The summed E-state index contributed by atoms with van der Waals surface area (Å²) in [5.41, 5.74) is 3.98. The Morgan fingerprint density at radius 2 is 1.37 bits per heavy atom. The highest BCUT2D eigenvalue weighted by Gasteiger charge is 2.07. The Hall–Kier alpha value is -3.66. The average Bonchev–Trinajstić information content (AvgIpc) is 2.73. The second kappa shape index (κ2) is 9.23. The molecule has 0 aliphatic heterocycles. The van der Waals surface area contributed by atoms with Crippen LogP contribution in [0.15, 0.2) is 85.0 Å². The predicted octanol–water partition coefficient (Wildman–Crippen LogP) is 5.65. The Labute approximate surface area is 176 Å². The van der Waals surface area contributed by atoms with E-state index in [-0.39, 0.29) is 5.97 Å². The molecule has 0 atom stereocenters. The molecule has 3 aromatic carbocycles. The molecule has 4 nitrogen and oxygen atoms in total. The summed E-state index contributed by atoms with van der Waals surface area (Å²) in [6.07, 6.45) is 0.654. The van der Waals surface area contributed by atoms with E-state index in [1.54, 1.807) is 26.0 Å². The first-order valence-electron chi connectivity index (χ1n) is 9.67. The van der Waals surface area contributed by atoms with E-state index in [1.165, 1.54) is 0 Å². The summed E-state index contributed by atoms with van der Waals surface area (Å²) in [5, 5.41) is 2.24. The number of carbonyl (C=O) groups excluding carboxylic acids is 2. The standard InChI is InChI=1S/C26H24O4/c1-17(2)25(27)29-14-13-19-5-6-23-16-22(8-7-21(23)15-19)20-9-11-24(12-10-20)30-26(28)18(3)4/h5-12,15-16H,1,3,13-14H2,2,4H3. The number of carbonyl (C=O) groups is 2. The van der Waals surface area contributed by atoms with E-state index in [0.29, 0.717) is 29.9 Å². The summed E-state index contributed by atoms with van der Waals surface area (Å²) in [4.78, 5) is 23.1. The molecule has 0 unspecified atom stereocenters. The topological polar surface area (TPSA) is 52.6 Å². The molecular formula is C26H24O4. The van der Waals surface area contributed by atoms with Crippen molar-refractivity contribution >= 4 is 22.7 Å². The largest absolute Gasteiger partial charge is 0.462 e. The molecule has 30 heavy (non-hydrogen) atoms. The van der Waals surface area contributed by atoms with Crippen LogP contribution in [0.2, 0.25) is 0 Å². The second-order valence-electron chi connectivity index (χ2n) is 7.26. The van der Waals surface area contributed by atoms with Gasteiger partial charge in [0.15, 0.2) is 0 Å². The molecule has 4 heteroatoms. The van der Waals surface area contributed by atoms with Gasteiger partial charge in [-0.15, -0.1) is 0 Å². The van der Waals surface area contributed by atoms with Crippen molar-refractivity contribution in [2.75, 3.05) is 6.61 Å². The normalized spacial score (nSPS) is 10.5. The molecule has 0 amide bonds. The van der Waals surface area contributed by atoms with Crippen molar-refractivity contribution in [2.45, 2.75) is 20.3 Å². The fourth-order valence-corrected chi connectivity index (χ4v) is 2.92. The molecule has 0 aliphatic rings. The van der Waals surface area contributed by atoms with Gasteiger partial charge in [-0.1, -0.05) is 55.6 Å². The van der Waals surface area contributed by atoms with Crippen LogP contribution in [-0.4, -0.2) is 18.5 Å². The fourth-order valence-electron chi connectivity index (χ4n) is 2.92. The first-order valence-corrected chi connectivity index (χ1v) is 9.67. The Morgan fingerprint density at radius 3 is 2.03 bits per heavy atom. The molecule has 0 N–H and O–H groups in total. The average molecular weight is 400 g/mol. The summed E-state index contributed by atoms with van der Waals surface area (Å²) in [6, 6.07) is 19.9. The quantitative estimate of drug-likeness (QED) is 0.292. The highest BCUT2D eigenvalue weighted by atomic mass is 16.5. The summed E-state index contributed by atoms with van der Waals surface area (Å²) in [5.74, 6) is -0.302. The molecule has 0 aromatic heterocycles. The highest BCUT2D eigenvalue weighted by molar-refractivity contribution is 5.89. The van der Waals surface area contributed by atoms with Crippen molar-refractivity contribution < 1.29 is 19.1 Å². The second-order valence-corrected chi connectivity index (χ2v) is 7.26. The van der Waals surface area contributed by atoms with Crippen LogP contribution in [0.3, 0.4) is 0 Å². The maximum absolute atomic E-state index is 11.6. The molecule has 0 aliphatic carbocycles. The summed E-state index contributed by atoms with van der Waals surface area (Å²) >= 11 is 0. The molecule has 0 spiro atoms. The number of rotatable bonds is 7. The third kappa shape index (κ3) is 5.23. The summed E-state index contributed by atoms with van der Waals surface area (Å²) in [6.45, 7) is 10.7. The molecule has 0 saturated carbocycles. The lowest BCUT2D eigenvalue weighted by molar-refractivity contribution is -0.138. The Kier molecular flexibility index (Phi) is 6.48. The van der Waals surface area contributed by atoms with Crippen molar-refractivity contribution in [2.24, 2.45) is 0 Å². The number of hydrogen-bond donors (Lipinski definition) is 0. The van der Waals surface area contributed by atoms with Crippen LogP contribution >= 0.6 is 0 Å². The van der Waals surface area contributed by atoms with Crippen LogP contribution in [0.25, 0.3) is 21.9 Å². The van der Waals surface area contributed by atoms with Gasteiger partial charge < -0.3 is 9.47 Å². The molecule has 152 valence electrons. The minimum atomic E-state index is -0.432. The molecule has 0 heterocycles. The maximum atomic E-state index is 11.6. The first-order chi connectivity index (χ1) is 14.3. The van der Waals surface area contributed by atoms with Gasteiger partial charge in [-0.3, -0.25) is 0 Å². The minimum Gasteiger partial charge on any atom is -0.462 e. The number of ether oxygens (including phenoxy) is 2. The van der Waals surface area contributed by atoms with E-state index in [9.17, 15) is 9.59 Å². The van der Waals surface area contributed by atoms with Crippen molar-refractivity contribution in [1.82, 2.24) is 0 Å². The number of benzene rings is 3. The van der Waals surface area contributed by atoms with Crippen LogP contribution in [-0.2, 0) is 20.7 Å². The van der Waals surface area contributed by atoms with Gasteiger partial charge >= 0.3 is 11.9 Å². The summed E-state index contributed by atoms with van der Waals surface area (Å²) < 4.78 is 10.4. The lowest BCUT2D eigenvalue weighted by Crippen LogP contribution is -2.08. The molecule has 3 aromatic rings. The molecule has 0 bridgehead atoms. The minimum absolute atomic E-state index is 0.331. The summed E-state index contributed by atoms with van der Waals surface area (Å²) in [7, 11) is 0. The van der Waals surface area contributed by atoms with E-state index < -0.39 is 5.97 Å². The molecule has 0 fully saturated rings. The van der Waals surface area contributed by atoms with E-state index in [0.717, 1.165) is 27.5 Å². The van der Waals surface area contributed by atoms with Gasteiger partial charge in [0, 0.05) is 17.6 Å². The Bertz CT molecular complexity index is 1120. The van der Waals surface area contributed by atoms with Gasteiger partial charge in [0.2, 0.25) is 0 Å². The third-order valence-electron chi connectivity index (χ3n) is 4.62. The van der Waals surface area contributed by atoms with E-state index >= 15 is 0 Å². The van der Waals surface area contributed by atoms with Gasteiger partial charge in [0.1, 0.15) is 5.75 Å². The first kappa shape index (κ1) is 21.1. The van der Waals surface area contributed by atoms with Gasteiger partial charge in [-0.2, -0.15) is 0 Å². The van der Waals surface area contributed by atoms with Gasteiger partial charge in [-0.05, 0) is 59.5 Å². The monoisotopic (exact) mass is 400 g/mol. The smallest absolute Gasteiger partial charge is 0.338 e. The van der Waals surface area contributed by atoms with E-state index in [2.05, 4.69) is 43.5 Å². The zero-order valence-corrected chi connectivity index (χ0v) is 17.2. The Morgan fingerprint density at radius 1 is 0.767 bits per heavy atom. The van der Waals surface area contributed by atoms with Crippen molar-refractivity contribution in [3.63, 3.8) is 0 Å². The Balaban J connectivity index is 1.71. The van der Waals surface area contributed by atoms with Gasteiger partial charge in [-0.25, -0.2) is 9.59 Å². The van der Waals surface area contributed by atoms with Crippen molar-refractivity contribution in [3.05, 3.63) is 90.5 Å². The van der Waals surface area contributed by atoms with Gasteiger partial charge in [0.05, 0.1) is 6.61 Å². The maximum Gasteiger partial charge on any atom is 0.338 e. The van der Waals surface area contributed by atoms with E-state index in [1.807, 2.05) is 18.2 Å². The lowest BCUT2D eigenvalue weighted by atomic mass is 9.99. The van der Waals surface area contributed by atoms with Crippen LogP contribution in [0.5, 0.6) is 5.75 Å². The molecule has 0 saturated heterocycles. The van der Waals surface area contributed by atoms with Crippen molar-refractivity contribution in [1.29, 1.82) is 0 Å². The molecular weight excluding hydrogens is 376 g/mol. The third-order valence-corrected chi connectivity index (χ3v) is 4.62.